The fourth-order valence-electron chi connectivity index (χ4n) is 3.34. The van der Waals surface area contributed by atoms with E-state index in [-0.39, 0.29) is 23.9 Å². The average molecular weight is 527 g/mol. The SMILES string of the molecule is CCCCO[C@@H]1C=C(C(=O)OC)C[C@H](N=C(NC(=O)OC(C)(C)C)NC(=O)OC(C)(C)C)[C@H]1NC(C)=O. The summed E-state index contributed by atoms with van der Waals surface area (Å²) in [6, 6.07) is -1.53. The highest BCUT2D eigenvalue weighted by atomic mass is 16.6. The maximum Gasteiger partial charge on any atom is 0.414 e. The van der Waals surface area contributed by atoms with E-state index >= 15 is 0 Å². The standard InChI is InChI=1S/C25H42N4O8/c1-10-11-12-35-18-14-16(20(31)34-9)13-17(19(18)26-15(2)30)27-21(28-22(32)36-24(3,4)5)29-23(33)37-25(6,7)8/h14,17-19H,10-13H2,1-9H3,(H,26,30)(H2,27,28,29,32,33)/t17-,18+,19+/m0/s1. The average Bonchev–Trinajstić information content (AvgIpc) is 2.71. The van der Waals surface area contributed by atoms with Crippen molar-refractivity contribution < 1.29 is 38.1 Å². The van der Waals surface area contributed by atoms with Gasteiger partial charge in [0.05, 0.1) is 25.3 Å². The van der Waals surface area contributed by atoms with Crippen LogP contribution in [0.5, 0.6) is 0 Å². The van der Waals surface area contributed by atoms with E-state index in [2.05, 4.69) is 20.9 Å². The summed E-state index contributed by atoms with van der Waals surface area (Å²) >= 11 is 0. The molecule has 0 fully saturated rings. The van der Waals surface area contributed by atoms with Crippen LogP contribution >= 0.6 is 0 Å². The van der Waals surface area contributed by atoms with Gasteiger partial charge in [0.15, 0.2) is 0 Å². The first kappa shape index (κ1) is 31.9. The summed E-state index contributed by atoms with van der Waals surface area (Å²) in [6.07, 6.45) is 0.858. The van der Waals surface area contributed by atoms with Gasteiger partial charge in [-0.1, -0.05) is 13.3 Å². The summed E-state index contributed by atoms with van der Waals surface area (Å²) in [4.78, 5) is 54.0. The molecule has 1 aliphatic rings. The number of hydrogen-bond acceptors (Lipinski definition) is 9. The van der Waals surface area contributed by atoms with Crippen LogP contribution in [0.3, 0.4) is 0 Å². The van der Waals surface area contributed by atoms with Gasteiger partial charge in [0.1, 0.15) is 11.2 Å². The number of alkyl carbamates (subject to hydrolysis) is 2. The molecule has 210 valence electrons. The molecule has 0 unspecified atom stereocenters. The molecule has 1 rings (SSSR count). The molecule has 0 saturated heterocycles. The lowest BCUT2D eigenvalue weighted by Gasteiger charge is -2.35. The Hall–Kier alpha value is -3.15. The van der Waals surface area contributed by atoms with E-state index in [4.69, 9.17) is 18.9 Å². The van der Waals surface area contributed by atoms with Crippen molar-refractivity contribution in [3.8, 4) is 0 Å². The van der Waals surface area contributed by atoms with Gasteiger partial charge in [0.2, 0.25) is 11.9 Å². The quantitative estimate of drug-likeness (QED) is 0.150. The molecule has 0 radical (unpaired) electrons. The molecular formula is C25H42N4O8. The zero-order chi connectivity index (χ0) is 28.4. The molecule has 0 aliphatic heterocycles. The predicted molar refractivity (Wildman–Crippen MR) is 137 cm³/mol. The number of hydrogen-bond donors (Lipinski definition) is 3. The van der Waals surface area contributed by atoms with Gasteiger partial charge in [0.25, 0.3) is 0 Å². The molecule has 12 nitrogen and oxygen atoms in total. The third-order valence-corrected chi connectivity index (χ3v) is 4.72. The number of aliphatic imine (C=N–C) groups is 1. The minimum atomic E-state index is -0.867. The number of nitrogens with one attached hydrogen (secondary N) is 3. The molecule has 12 heteroatoms. The number of methoxy groups -OCH3 is 1. The van der Waals surface area contributed by atoms with E-state index in [1.54, 1.807) is 47.6 Å². The number of esters is 1. The van der Waals surface area contributed by atoms with Crippen LogP contribution in [0, 0.1) is 0 Å². The minimum absolute atomic E-state index is 0.0424. The first-order chi connectivity index (χ1) is 17.0. The first-order valence-electron chi connectivity index (χ1n) is 12.3. The number of carbonyl (C=O) groups is 4. The van der Waals surface area contributed by atoms with Crippen LogP contribution in [0.25, 0.3) is 0 Å². The second-order valence-electron chi connectivity index (χ2n) is 10.6. The number of unbranched alkanes of at least 4 members (excludes halogenated alkanes) is 1. The van der Waals surface area contributed by atoms with E-state index in [0.29, 0.717) is 6.61 Å². The number of nitrogens with zero attached hydrogens (tertiary/aromatic N) is 1. The third-order valence-electron chi connectivity index (χ3n) is 4.72. The van der Waals surface area contributed by atoms with E-state index < -0.39 is 47.5 Å². The molecule has 0 aromatic carbocycles. The Morgan fingerprint density at radius 3 is 1.97 bits per heavy atom. The van der Waals surface area contributed by atoms with Gasteiger partial charge >= 0.3 is 18.2 Å². The minimum Gasteiger partial charge on any atom is -0.466 e. The van der Waals surface area contributed by atoms with E-state index in [1.807, 2.05) is 6.92 Å². The summed E-state index contributed by atoms with van der Waals surface area (Å²) in [5.41, 5.74) is -1.35. The summed E-state index contributed by atoms with van der Waals surface area (Å²) in [6.45, 7) is 13.9. The van der Waals surface area contributed by atoms with Crippen molar-refractivity contribution in [1.29, 1.82) is 0 Å². The fraction of sp³-hybridized carbons (Fsp3) is 0.720. The van der Waals surface area contributed by atoms with Gasteiger partial charge in [-0.3, -0.25) is 15.4 Å². The lowest BCUT2D eigenvalue weighted by molar-refractivity contribution is -0.136. The first-order valence-corrected chi connectivity index (χ1v) is 12.3. The van der Waals surface area contributed by atoms with Crippen LogP contribution in [-0.2, 0) is 28.5 Å². The lowest BCUT2D eigenvalue weighted by Crippen LogP contribution is -2.54. The van der Waals surface area contributed by atoms with Gasteiger partial charge in [-0.05, 0) is 54.0 Å². The van der Waals surface area contributed by atoms with E-state index in [1.165, 1.54) is 14.0 Å². The highest BCUT2D eigenvalue weighted by Gasteiger charge is 2.37. The Labute approximate surface area is 218 Å². The van der Waals surface area contributed by atoms with Gasteiger partial charge < -0.3 is 24.3 Å². The second kappa shape index (κ2) is 14.0. The summed E-state index contributed by atoms with van der Waals surface area (Å²) < 4.78 is 21.5. The van der Waals surface area contributed by atoms with Gasteiger partial charge in [-0.25, -0.2) is 19.4 Å². The van der Waals surface area contributed by atoms with Crippen LogP contribution in [0.1, 0.15) is 74.7 Å². The van der Waals surface area contributed by atoms with Crippen molar-refractivity contribution in [2.24, 2.45) is 4.99 Å². The Bertz CT molecular complexity index is 854. The van der Waals surface area contributed by atoms with Crippen molar-refractivity contribution >= 4 is 30.0 Å². The molecule has 37 heavy (non-hydrogen) atoms. The molecule has 0 bridgehead atoms. The molecule has 0 heterocycles. The number of amides is 3. The zero-order valence-corrected chi connectivity index (χ0v) is 23.4. The normalized spacial score (nSPS) is 19.6. The topological polar surface area (TPSA) is 154 Å². The number of rotatable bonds is 7. The Morgan fingerprint density at radius 1 is 1.00 bits per heavy atom. The summed E-state index contributed by atoms with van der Waals surface area (Å²) in [5, 5.41) is 7.67. The number of ether oxygens (including phenoxy) is 4. The highest BCUT2D eigenvalue weighted by molar-refractivity contribution is 6.01. The smallest absolute Gasteiger partial charge is 0.414 e. The largest absolute Gasteiger partial charge is 0.466 e. The molecule has 1 aliphatic carbocycles. The fourth-order valence-corrected chi connectivity index (χ4v) is 3.34. The molecule has 0 aromatic heterocycles. The molecule has 0 spiro atoms. The molecule has 0 aromatic rings. The van der Waals surface area contributed by atoms with Crippen LogP contribution in [0.15, 0.2) is 16.6 Å². The molecule has 3 atom stereocenters. The highest BCUT2D eigenvalue weighted by Crippen LogP contribution is 2.26. The lowest BCUT2D eigenvalue weighted by atomic mass is 9.88. The predicted octanol–water partition coefficient (Wildman–Crippen LogP) is 2.95. The van der Waals surface area contributed by atoms with Crippen molar-refractivity contribution in [1.82, 2.24) is 16.0 Å². The summed E-state index contributed by atoms with van der Waals surface area (Å²) in [5.74, 6) is -1.19. The monoisotopic (exact) mass is 526 g/mol. The van der Waals surface area contributed by atoms with Crippen LogP contribution in [-0.4, -0.2) is 73.1 Å². The zero-order valence-electron chi connectivity index (χ0n) is 23.4. The second-order valence-corrected chi connectivity index (χ2v) is 10.6. The number of carbonyl (C=O) groups excluding carboxylic acids is 4. The Morgan fingerprint density at radius 2 is 1.54 bits per heavy atom. The summed E-state index contributed by atoms with van der Waals surface area (Å²) in [7, 11) is 1.26. The van der Waals surface area contributed by atoms with Gasteiger partial charge in [-0.15, -0.1) is 0 Å². The van der Waals surface area contributed by atoms with Gasteiger partial charge in [-0.2, -0.15) is 0 Å². The molecule has 3 amide bonds. The molecule has 0 saturated carbocycles. The van der Waals surface area contributed by atoms with Crippen molar-refractivity contribution in [2.75, 3.05) is 13.7 Å². The maximum atomic E-state index is 12.5. The van der Waals surface area contributed by atoms with Crippen LogP contribution in [0.4, 0.5) is 9.59 Å². The molecule has 3 N–H and O–H groups in total. The Balaban J connectivity index is 3.45. The van der Waals surface area contributed by atoms with Crippen LogP contribution in [0.2, 0.25) is 0 Å². The maximum absolute atomic E-state index is 12.5. The van der Waals surface area contributed by atoms with E-state index in [9.17, 15) is 19.2 Å². The van der Waals surface area contributed by atoms with Crippen molar-refractivity contribution in [3.05, 3.63) is 11.6 Å². The third kappa shape index (κ3) is 12.6. The van der Waals surface area contributed by atoms with Crippen molar-refractivity contribution in [3.63, 3.8) is 0 Å². The Kier molecular flexibility index (Phi) is 12.0. The van der Waals surface area contributed by atoms with Crippen molar-refractivity contribution in [2.45, 2.75) is 104 Å². The van der Waals surface area contributed by atoms with Gasteiger partial charge in [0, 0.05) is 25.5 Å². The molecular weight excluding hydrogens is 484 g/mol. The number of guanidine groups is 1. The van der Waals surface area contributed by atoms with Crippen LogP contribution < -0.4 is 16.0 Å². The van der Waals surface area contributed by atoms with E-state index in [0.717, 1.165) is 12.8 Å².